The maximum atomic E-state index is 12.5. The van der Waals surface area contributed by atoms with Crippen molar-refractivity contribution in [3.8, 4) is 17.2 Å². The highest BCUT2D eigenvalue weighted by atomic mass is 16.5. The summed E-state index contributed by atoms with van der Waals surface area (Å²) in [7, 11) is 1.58. The number of aromatic amines is 1. The number of aliphatic hydroxyl groups is 1. The molecule has 0 saturated carbocycles. The number of anilines is 1. The number of phenolic OH excluding ortho intramolecular Hbond substituents is 1. The van der Waals surface area contributed by atoms with Crippen molar-refractivity contribution in [1.29, 1.82) is 0 Å². The molecule has 7 nitrogen and oxygen atoms in total. The number of nitrogens with zero attached hydrogens (tertiary/aromatic N) is 1. The topological polar surface area (TPSA) is 99.5 Å². The number of ether oxygens (including phenoxy) is 1. The zero-order chi connectivity index (χ0) is 19.7. The van der Waals surface area contributed by atoms with Gasteiger partial charge in [-0.25, -0.2) is 0 Å². The van der Waals surface area contributed by atoms with E-state index >= 15 is 0 Å². The maximum Gasteiger partial charge on any atom is 0.256 e. The fraction of sp³-hybridized carbons (Fsp3) is 0.0952. The number of aliphatic hydroxyl groups excluding tert-OH is 1. The van der Waals surface area contributed by atoms with Crippen molar-refractivity contribution in [1.82, 2.24) is 9.55 Å². The largest absolute Gasteiger partial charge is 0.508 e. The van der Waals surface area contributed by atoms with Crippen LogP contribution in [-0.2, 0) is 0 Å². The fourth-order valence-electron chi connectivity index (χ4n) is 3.12. The third kappa shape index (κ3) is 3.30. The second-order valence-electron chi connectivity index (χ2n) is 6.33. The predicted octanol–water partition coefficient (Wildman–Crippen LogP) is 3.14. The molecule has 2 aromatic heterocycles. The van der Waals surface area contributed by atoms with E-state index in [1.165, 1.54) is 22.8 Å². The number of rotatable bonds is 5. The molecule has 7 heteroatoms. The Morgan fingerprint density at radius 2 is 1.89 bits per heavy atom. The minimum absolute atomic E-state index is 0.0629. The molecular weight excluding hydrogens is 358 g/mol. The Kier molecular flexibility index (Phi) is 4.50. The van der Waals surface area contributed by atoms with Crippen molar-refractivity contribution in [3.05, 3.63) is 82.8 Å². The summed E-state index contributed by atoms with van der Waals surface area (Å²) >= 11 is 0. The molecule has 4 N–H and O–H groups in total. The van der Waals surface area contributed by atoms with E-state index < -0.39 is 6.23 Å². The Balaban J connectivity index is 1.73. The lowest BCUT2D eigenvalue weighted by molar-refractivity contribution is 0.204. The van der Waals surface area contributed by atoms with Crippen LogP contribution in [0.4, 0.5) is 5.69 Å². The van der Waals surface area contributed by atoms with Crippen LogP contribution in [0.2, 0.25) is 0 Å². The number of benzene rings is 2. The minimum atomic E-state index is -1.02. The molecule has 0 aliphatic carbocycles. The molecule has 2 heterocycles. The molecule has 28 heavy (non-hydrogen) atoms. The zero-order valence-electron chi connectivity index (χ0n) is 15.1. The summed E-state index contributed by atoms with van der Waals surface area (Å²) in [4.78, 5) is 15.6. The summed E-state index contributed by atoms with van der Waals surface area (Å²) in [5.41, 5.74) is 1.99. The van der Waals surface area contributed by atoms with Gasteiger partial charge >= 0.3 is 0 Å². The highest BCUT2D eigenvalue weighted by molar-refractivity contribution is 5.79. The zero-order valence-corrected chi connectivity index (χ0v) is 15.1. The van der Waals surface area contributed by atoms with Gasteiger partial charge in [0.25, 0.3) is 5.56 Å². The lowest BCUT2D eigenvalue weighted by Crippen LogP contribution is -2.17. The van der Waals surface area contributed by atoms with Crippen molar-refractivity contribution >= 4 is 16.7 Å². The number of aromatic hydroxyl groups is 1. The molecule has 1 atom stereocenters. The predicted molar refractivity (Wildman–Crippen MR) is 107 cm³/mol. The highest BCUT2D eigenvalue weighted by Gasteiger charge is 2.14. The monoisotopic (exact) mass is 377 g/mol. The van der Waals surface area contributed by atoms with Gasteiger partial charge < -0.3 is 25.3 Å². The van der Waals surface area contributed by atoms with Gasteiger partial charge in [-0.3, -0.25) is 9.36 Å². The maximum absolute atomic E-state index is 12.5. The van der Waals surface area contributed by atoms with E-state index in [9.17, 15) is 15.0 Å². The lowest BCUT2D eigenvalue weighted by Gasteiger charge is -2.13. The summed E-state index contributed by atoms with van der Waals surface area (Å²) < 4.78 is 6.64. The van der Waals surface area contributed by atoms with Crippen LogP contribution in [0, 0.1) is 0 Å². The summed E-state index contributed by atoms with van der Waals surface area (Å²) in [6.07, 6.45) is -1.02. The Morgan fingerprint density at radius 3 is 2.68 bits per heavy atom. The Morgan fingerprint density at radius 1 is 1.07 bits per heavy atom. The van der Waals surface area contributed by atoms with E-state index in [1.54, 1.807) is 37.4 Å². The van der Waals surface area contributed by atoms with Gasteiger partial charge in [0.05, 0.1) is 18.5 Å². The van der Waals surface area contributed by atoms with E-state index in [4.69, 9.17) is 4.74 Å². The number of methoxy groups -OCH3 is 1. The van der Waals surface area contributed by atoms with Gasteiger partial charge in [0.2, 0.25) is 0 Å². The third-order valence-electron chi connectivity index (χ3n) is 4.45. The third-order valence-corrected chi connectivity index (χ3v) is 4.45. The van der Waals surface area contributed by atoms with Gasteiger partial charge in [0.15, 0.2) is 6.23 Å². The van der Waals surface area contributed by atoms with Gasteiger partial charge in [-0.15, -0.1) is 0 Å². The second kappa shape index (κ2) is 7.13. The molecule has 0 amide bonds. The first-order valence-electron chi connectivity index (χ1n) is 8.68. The number of phenols is 1. The van der Waals surface area contributed by atoms with Crippen molar-refractivity contribution in [2.75, 3.05) is 12.4 Å². The van der Waals surface area contributed by atoms with Crippen LogP contribution in [0.3, 0.4) is 0 Å². The van der Waals surface area contributed by atoms with Crippen molar-refractivity contribution in [2.45, 2.75) is 6.23 Å². The van der Waals surface area contributed by atoms with Gasteiger partial charge in [0.1, 0.15) is 17.1 Å². The standard InChI is InChI=1S/C21H19N3O4/c1-28-17-7-2-4-14(11-17)22-21(27)18-10-13-8-9-19(26)24(20(13)23-18)15-5-3-6-16(25)12-15/h2-12,21-23,25,27H,1H3. The van der Waals surface area contributed by atoms with Gasteiger partial charge in [-0.05, 0) is 36.4 Å². The highest BCUT2D eigenvalue weighted by Crippen LogP contribution is 2.25. The van der Waals surface area contributed by atoms with Crippen LogP contribution in [0.15, 0.2) is 71.5 Å². The van der Waals surface area contributed by atoms with Crippen molar-refractivity contribution in [3.63, 3.8) is 0 Å². The molecule has 0 bridgehead atoms. The van der Waals surface area contributed by atoms with E-state index in [-0.39, 0.29) is 11.3 Å². The molecule has 4 aromatic rings. The number of pyridine rings is 1. The van der Waals surface area contributed by atoms with Gasteiger partial charge in [-0.2, -0.15) is 0 Å². The van der Waals surface area contributed by atoms with Gasteiger partial charge in [-0.1, -0.05) is 12.1 Å². The molecule has 2 aromatic carbocycles. The number of hydrogen-bond donors (Lipinski definition) is 4. The quantitative estimate of drug-likeness (QED) is 0.401. The van der Waals surface area contributed by atoms with Crippen LogP contribution in [-0.4, -0.2) is 26.9 Å². The summed E-state index contributed by atoms with van der Waals surface area (Å²) in [6, 6.07) is 18.6. The first-order valence-corrected chi connectivity index (χ1v) is 8.68. The minimum Gasteiger partial charge on any atom is -0.508 e. The lowest BCUT2D eigenvalue weighted by atomic mass is 10.2. The average Bonchev–Trinajstić information content (AvgIpc) is 3.12. The smallest absolute Gasteiger partial charge is 0.256 e. The molecule has 0 spiro atoms. The van der Waals surface area contributed by atoms with E-state index in [1.807, 2.05) is 18.2 Å². The Hall–Kier alpha value is -3.71. The molecule has 1 unspecified atom stereocenters. The molecule has 142 valence electrons. The van der Waals surface area contributed by atoms with Crippen LogP contribution in [0.1, 0.15) is 11.9 Å². The SMILES string of the molecule is COc1cccc(NC(O)c2cc3ccc(=O)n(-c4cccc(O)c4)c3[nH]2)c1. The fourth-order valence-corrected chi connectivity index (χ4v) is 3.12. The molecule has 0 aliphatic rings. The number of hydrogen-bond acceptors (Lipinski definition) is 5. The van der Waals surface area contributed by atoms with Gasteiger partial charge in [0, 0.05) is 29.3 Å². The first-order chi connectivity index (χ1) is 13.5. The molecule has 0 fully saturated rings. The van der Waals surface area contributed by atoms with Crippen molar-refractivity contribution in [2.24, 2.45) is 0 Å². The van der Waals surface area contributed by atoms with Crippen LogP contribution >= 0.6 is 0 Å². The van der Waals surface area contributed by atoms with Crippen LogP contribution < -0.4 is 15.6 Å². The Bertz CT molecular complexity index is 1200. The van der Waals surface area contributed by atoms with Crippen LogP contribution in [0.5, 0.6) is 11.5 Å². The number of H-pyrrole nitrogens is 1. The second-order valence-corrected chi connectivity index (χ2v) is 6.33. The average molecular weight is 377 g/mol. The van der Waals surface area contributed by atoms with E-state index in [2.05, 4.69) is 10.3 Å². The molecule has 0 saturated heterocycles. The Labute approximate surface area is 160 Å². The normalized spacial score (nSPS) is 12.1. The summed E-state index contributed by atoms with van der Waals surface area (Å²) in [5.74, 6) is 0.736. The summed E-state index contributed by atoms with van der Waals surface area (Å²) in [6.45, 7) is 0. The number of aromatic nitrogens is 2. The number of nitrogens with one attached hydrogen (secondary N) is 2. The summed E-state index contributed by atoms with van der Waals surface area (Å²) in [5, 5.41) is 24.1. The molecule has 4 rings (SSSR count). The molecule has 0 aliphatic heterocycles. The van der Waals surface area contributed by atoms with E-state index in [0.29, 0.717) is 28.5 Å². The molecular formula is C21H19N3O4. The van der Waals surface area contributed by atoms with Crippen LogP contribution in [0.25, 0.3) is 16.7 Å². The molecule has 0 radical (unpaired) electrons. The first kappa shape index (κ1) is 17.7. The van der Waals surface area contributed by atoms with E-state index in [0.717, 1.165) is 5.39 Å². The van der Waals surface area contributed by atoms with Crippen molar-refractivity contribution < 1.29 is 14.9 Å². The number of fused-ring (bicyclic) bond motifs is 1.